The molecule has 8 heteroatoms. The summed E-state index contributed by atoms with van der Waals surface area (Å²) in [5.74, 6) is 0.475. The minimum atomic E-state index is -0.359. The zero-order valence-electron chi connectivity index (χ0n) is 14.3. The van der Waals surface area contributed by atoms with E-state index in [0.717, 1.165) is 25.2 Å². The average molecular weight is 366 g/mol. The van der Waals surface area contributed by atoms with E-state index < -0.39 is 0 Å². The van der Waals surface area contributed by atoms with Crippen LogP contribution in [0.15, 0.2) is 24.5 Å². The zero-order chi connectivity index (χ0) is 18.0. The van der Waals surface area contributed by atoms with Crippen LogP contribution in [-0.2, 0) is 6.54 Å². The van der Waals surface area contributed by atoms with Gasteiger partial charge in [0.05, 0.1) is 6.54 Å². The Bertz CT molecular complexity index is 743. The van der Waals surface area contributed by atoms with Crippen LogP contribution in [0.1, 0.15) is 30.1 Å². The lowest BCUT2D eigenvalue weighted by atomic mass is 9.97. The normalized spacial score (nSPS) is 17.6. The van der Waals surface area contributed by atoms with Crippen LogP contribution >= 0.6 is 11.6 Å². The monoisotopic (exact) mass is 365 g/mol. The quantitative estimate of drug-likeness (QED) is 0.840. The maximum Gasteiger partial charge on any atom is 0.319 e. The van der Waals surface area contributed by atoms with Crippen LogP contribution in [-0.4, -0.2) is 57.8 Å². The molecule has 0 unspecified atom stereocenters. The van der Waals surface area contributed by atoms with Crippen LogP contribution in [0, 0.1) is 5.82 Å². The summed E-state index contributed by atoms with van der Waals surface area (Å²) >= 11 is 6.12. The second-order valence-corrected chi connectivity index (χ2v) is 6.85. The second kappa shape index (κ2) is 7.39. The van der Waals surface area contributed by atoms with Crippen LogP contribution < -0.4 is 0 Å². The number of rotatable bonds is 3. The number of nitrogens with zero attached hydrogens (tertiary/aromatic N) is 5. The third-order valence-corrected chi connectivity index (χ3v) is 4.81. The molecule has 1 aromatic carbocycles. The number of aromatic nitrogens is 3. The van der Waals surface area contributed by atoms with Gasteiger partial charge in [-0.25, -0.2) is 18.9 Å². The third kappa shape index (κ3) is 3.76. The number of urea groups is 1. The van der Waals surface area contributed by atoms with Crippen molar-refractivity contribution in [2.24, 2.45) is 0 Å². The topological polar surface area (TPSA) is 54.3 Å². The van der Waals surface area contributed by atoms with Gasteiger partial charge in [0.25, 0.3) is 0 Å². The number of halogens is 2. The van der Waals surface area contributed by atoms with Crippen molar-refractivity contribution >= 4 is 17.6 Å². The lowest BCUT2D eigenvalue weighted by molar-refractivity contribution is 0.153. The summed E-state index contributed by atoms with van der Waals surface area (Å²) in [5.41, 5.74) is 0.396. The summed E-state index contributed by atoms with van der Waals surface area (Å²) in [6.45, 7) is 1.54. The molecular formula is C17H21ClFN5O. The molecule has 3 rings (SSSR count). The molecule has 0 aliphatic carbocycles. The molecule has 25 heavy (non-hydrogen) atoms. The lowest BCUT2D eigenvalue weighted by Gasteiger charge is -2.34. The predicted octanol–water partition coefficient (Wildman–Crippen LogP) is 2.98. The third-order valence-electron chi connectivity index (χ3n) is 4.45. The summed E-state index contributed by atoms with van der Waals surface area (Å²) in [5, 5.41) is 4.61. The fourth-order valence-electron chi connectivity index (χ4n) is 3.19. The highest BCUT2D eigenvalue weighted by Crippen LogP contribution is 2.27. The van der Waals surface area contributed by atoms with E-state index in [9.17, 15) is 9.18 Å². The Morgan fingerprint density at radius 3 is 2.96 bits per heavy atom. The van der Waals surface area contributed by atoms with Gasteiger partial charge >= 0.3 is 6.03 Å². The highest BCUT2D eigenvalue weighted by atomic mass is 35.5. The maximum absolute atomic E-state index is 14.1. The first-order valence-corrected chi connectivity index (χ1v) is 8.62. The first-order valence-electron chi connectivity index (χ1n) is 8.24. The van der Waals surface area contributed by atoms with Crippen molar-refractivity contribution in [3.8, 4) is 0 Å². The molecule has 0 saturated carbocycles. The Morgan fingerprint density at radius 1 is 1.44 bits per heavy atom. The van der Waals surface area contributed by atoms with Gasteiger partial charge in [0, 0.05) is 43.7 Å². The average Bonchev–Trinajstić information content (AvgIpc) is 3.06. The maximum atomic E-state index is 14.1. The number of carbonyl (C=O) groups is 1. The van der Waals surface area contributed by atoms with Gasteiger partial charge in [0.15, 0.2) is 0 Å². The zero-order valence-corrected chi connectivity index (χ0v) is 15.1. The van der Waals surface area contributed by atoms with Crippen LogP contribution in [0.2, 0.25) is 5.02 Å². The number of piperidine rings is 1. The number of benzene rings is 1. The van der Waals surface area contributed by atoms with Crippen LogP contribution in [0.3, 0.4) is 0 Å². The van der Waals surface area contributed by atoms with Crippen LogP contribution in [0.5, 0.6) is 0 Å². The molecule has 2 aromatic rings. The first kappa shape index (κ1) is 17.7. The molecule has 134 valence electrons. The molecule has 1 aliphatic rings. The summed E-state index contributed by atoms with van der Waals surface area (Å²) in [6, 6.07) is 4.62. The molecule has 1 fully saturated rings. The van der Waals surface area contributed by atoms with Gasteiger partial charge in [-0.1, -0.05) is 17.7 Å². The number of carbonyl (C=O) groups excluding carboxylic acids is 1. The van der Waals surface area contributed by atoms with Crippen LogP contribution in [0.25, 0.3) is 0 Å². The SMILES string of the molecule is CN(C)C(=O)N1CCC[C@H](c2ncnn2Cc2c(F)cccc2Cl)C1. The standard InChI is InChI=1S/C17H21ClFN5O/c1-22(2)17(25)23-8-4-5-12(9-23)16-20-11-21-24(16)10-13-14(18)6-3-7-15(13)19/h3,6-7,11-12H,4-5,8-10H2,1-2H3/t12-/m0/s1. The minimum Gasteiger partial charge on any atom is -0.331 e. The van der Waals surface area contributed by atoms with E-state index in [0.29, 0.717) is 17.1 Å². The van der Waals surface area contributed by atoms with Crippen molar-refractivity contribution in [3.05, 3.63) is 46.8 Å². The Hall–Kier alpha value is -2.15. The predicted molar refractivity (Wildman–Crippen MR) is 93.2 cm³/mol. The summed E-state index contributed by atoms with van der Waals surface area (Å²) in [4.78, 5) is 20.0. The van der Waals surface area contributed by atoms with Gasteiger partial charge in [-0.05, 0) is 25.0 Å². The van der Waals surface area contributed by atoms with Crippen molar-refractivity contribution in [2.75, 3.05) is 27.2 Å². The molecule has 1 saturated heterocycles. The minimum absolute atomic E-state index is 0.00656. The largest absolute Gasteiger partial charge is 0.331 e. The Morgan fingerprint density at radius 2 is 2.24 bits per heavy atom. The number of hydrogen-bond donors (Lipinski definition) is 0. The Balaban J connectivity index is 1.81. The number of amides is 2. The van der Waals surface area contributed by atoms with E-state index in [2.05, 4.69) is 10.1 Å². The lowest BCUT2D eigenvalue weighted by Crippen LogP contribution is -2.44. The van der Waals surface area contributed by atoms with Crippen molar-refractivity contribution in [1.82, 2.24) is 24.6 Å². The highest BCUT2D eigenvalue weighted by Gasteiger charge is 2.28. The molecule has 6 nitrogen and oxygen atoms in total. The first-order chi connectivity index (χ1) is 12.0. The summed E-state index contributed by atoms with van der Waals surface area (Å²) < 4.78 is 15.7. The second-order valence-electron chi connectivity index (χ2n) is 6.44. The van der Waals surface area contributed by atoms with Crippen molar-refractivity contribution in [1.29, 1.82) is 0 Å². The number of hydrogen-bond acceptors (Lipinski definition) is 3. The van der Waals surface area contributed by atoms with Gasteiger partial charge in [-0.3, -0.25) is 0 Å². The van der Waals surface area contributed by atoms with Gasteiger partial charge in [-0.2, -0.15) is 5.10 Å². The Kier molecular flexibility index (Phi) is 5.22. The molecule has 0 radical (unpaired) electrons. The molecule has 2 heterocycles. The molecule has 0 N–H and O–H groups in total. The van der Waals surface area contributed by atoms with Gasteiger partial charge < -0.3 is 9.80 Å². The molecule has 2 amide bonds. The van der Waals surface area contributed by atoms with E-state index in [1.165, 1.54) is 12.4 Å². The van der Waals surface area contributed by atoms with E-state index >= 15 is 0 Å². The molecule has 0 spiro atoms. The molecule has 1 atom stereocenters. The fourth-order valence-corrected chi connectivity index (χ4v) is 3.41. The number of likely N-dealkylation sites (tertiary alicyclic amines) is 1. The van der Waals surface area contributed by atoms with Crippen molar-refractivity contribution < 1.29 is 9.18 Å². The van der Waals surface area contributed by atoms with Crippen molar-refractivity contribution in [2.45, 2.75) is 25.3 Å². The van der Waals surface area contributed by atoms with Gasteiger partial charge in [0.1, 0.15) is 18.0 Å². The molecule has 1 aliphatic heterocycles. The fraction of sp³-hybridized carbons (Fsp3) is 0.471. The highest BCUT2D eigenvalue weighted by molar-refractivity contribution is 6.31. The molecule has 1 aromatic heterocycles. The van der Waals surface area contributed by atoms with Crippen LogP contribution in [0.4, 0.5) is 9.18 Å². The summed E-state index contributed by atoms with van der Waals surface area (Å²) in [6.07, 6.45) is 3.29. The van der Waals surface area contributed by atoms with E-state index in [1.54, 1.807) is 35.8 Å². The van der Waals surface area contributed by atoms with Gasteiger partial charge in [-0.15, -0.1) is 0 Å². The van der Waals surface area contributed by atoms with E-state index in [1.807, 2.05) is 4.90 Å². The van der Waals surface area contributed by atoms with E-state index in [-0.39, 0.29) is 24.3 Å². The molecule has 0 bridgehead atoms. The molecular weight excluding hydrogens is 345 g/mol. The van der Waals surface area contributed by atoms with Gasteiger partial charge in [0.2, 0.25) is 0 Å². The van der Waals surface area contributed by atoms with Crippen molar-refractivity contribution in [3.63, 3.8) is 0 Å². The van der Waals surface area contributed by atoms with E-state index in [4.69, 9.17) is 11.6 Å². The Labute approximate surface area is 151 Å². The summed E-state index contributed by atoms with van der Waals surface area (Å²) in [7, 11) is 3.49. The smallest absolute Gasteiger partial charge is 0.319 e.